The van der Waals surface area contributed by atoms with Crippen molar-refractivity contribution < 1.29 is 9.53 Å². The number of likely N-dealkylation sites (tertiary alicyclic amines) is 1. The molecular weight excluding hydrogens is 338 g/mol. The molecule has 1 fully saturated rings. The number of nitrogens with one attached hydrogen (secondary N) is 1. The van der Waals surface area contributed by atoms with E-state index in [0.29, 0.717) is 18.2 Å². The van der Waals surface area contributed by atoms with E-state index in [1.54, 1.807) is 0 Å². The highest BCUT2D eigenvalue weighted by Gasteiger charge is 2.26. The van der Waals surface area contributed by atoms with E-state index in [-0.39, 0.29) is 12.5 Å². The Balaban J connectivity index is 1.59. The van der Waals surface area contributed by atoms with Gasteiger partial charge in [0.1, 0.15) is 5.75 Å². The predicted molar refractivity (Wildman–Crippen MR) is 98.3 cm³/mol. The molecule has 6 heteroatoms. The van der Waals surface area contributed by atoms with Gasteiger partial charge in [0.15, 0.2) is 6.61 Å². The number of aryl methyl sites for hydroxylation is 3. The summed E-state index contributed by atoms with van der Waals surface area (Å²) in [6, 6.07) is 5.80. The third-order valence-corrected chi connectivity index (χ3v) is 5.29. The van der Waals surface area contributed by atoms with Crippen molar-refractivity contribution in [3.8, 4) is 5.75 Å². The predicted octanol–water partition coefficient (Wildman–Crippen LogP) is 3.77. The first-order valence-electron chi connectivity index (χ1n) is 8.63. The first-order chi connectivity index (χ1) is 11.9. The van der Waals surface area contributed by atoms with Crippen molar-refractivity contribution in [1.82, 2.24) is 15.1 Å². The minimum atomic E-state index is 0.0159. The zero-order valence-electron chi connectivity index (χ0n) is 14.9. The zero-order chi connectivity index (χ0) is 18.0. The molecule has 2 heterocycles. The van der Waals surface area contributed by atoms with Gasteiger partial charge in [-0.15, -0.1) is 0 Å². The topological polar surface area (TPSA) is 58.2 Å². The quantitative estimate of drug-likeness (QED) is 0.901. The number of hydrogen-bond acceptors (Lipinski definition) is 3. The highest BCUT2D eigenvalue weighted by atomic mass is 35.5. The Morgan fingerprint density at radius 1 is 1.32 bits per heavy atom. The highest BCUT2D eigenvalue weighted by Crippen LogP contribution is 2.27. The van der Waals surface area contributed by atoms with E-state index in [0.717, 1.165) is 46.9 Å². The van der Waals surface area contributed by atoms with E-state index < -0.39 is 0 Å². The molecule has 0 spiro atoms. The molecule has 134 valence electrons. The van der Waals surface area contributed by atoms with Crippen LogP contribution in [0.4, 0.5) is 0 Å². The number of benzene rings is 1. The van der Waals surface area contributed by atoms with Crippen molar-refractivity contribution >= 4 is 17.5 Å². The fraction of sp³-hybridized carbons (Fsp3) is 0.474. The van der Waals surface area contributed by atoms with E-state index in [1.165, 1.54) is 0 Å². The van der Waals surface area contributed by atoms with Gasteiger partial charge in [-0.1, -0.05) is 11.6 Å². The highest BCUT2D eigenvalue weighted by molar-refractivity contribution is 6.32. The van der Waals surface area contributed by atoms with Gasteiger partial charge in [-0.2, -0.15) is 5.10 Å². The molecule has 1 amide bonds. The van der Waals surface area contributed by atoms with Gasteiger partial charge in [0.25, 0.3) is 5.91 Å². The van der Waals surface area contributed by atoms with Crippen LogP contribution in [-0.4, -0.2) is 40.7 Å². The van der Waals surface area contributed by atoms with Gasteiger partial charge in [-0.25, -0.2) is 0 Å². The fourth-order valence-electron chi connectivity index (χ4n) is 3.32. The number of amides is 1. The molecule has 3 rings (SSSR count). The largest absolute Gasteiger partial charge is 0.484 e. The summed E-state index contributed by atoms with van der Waals surface area (Å²) in [6.07, 6.45) is 2.05. The molecule has 0 saturated carbocycles. The van der Waals surface area contributed by atoms with Crippen LogP contribution in [0.3, 0.4) is 0 Å². The zero-order valence-corrected chi connectivity index (χ0v) is 15.7. The SMILES string of the molecule is Cc1cc(C2CCCN(C(=O)COc3cc(C)c(Cl)c(C)c3)C2)n[nH]1. The third-order valence-electron chi connectivity index (χ3n) is 4.69. The van der Waals surface area contributed by atoms with Crippen LogP contribution in [0.2, 0.25) is 5.02 Å². The number of ether oxygens (including phenoxy) is 1. The molecule has 25 heavy (non-hydrogen) atoms. The Morgan fingerprint density at radius 2 is 2.04 bits per heavy atom. The fourth-order valence-corrected chi connectivity index (χ4v) is 3.43. The van der Waals surface area contributed by atoms with E-state index in [9.17, 15) is 4.79 Å². The second kappa shape index (κ2) is 7.48. The summed E-state index contributed by atoms with van der Waals surface area (Å²) in [5, 5.41) is 8.07. The molecule has 1 aromatic heterocycles. The number of H-pyrrole nitrogens is 1. The lowest BCUT2D eigenvalue weighted by Gasteiger charge is -2.32. The Kier molecular flexibility index (Phi) is 5.33. The van der Waals surface area contributed by atoms with Gasteiger partial charge in [-0.3, -0.25) is 9.89 Å². The number of piperidine rings is 1. The number of nitrogens with zero attached hydrogens (tertiary/aromatic N) is 2. The standard InChI is InChI=1S/C19H24ClN3O2/c1-12-7-16(8-13(2)19(12)20)25-11-18(24)23-6-4-5-15(10-23)17-9-14(3)21-22-17/h7-9,15H,4-6,10-11H2,1-3H3,(H,21,22). The van der Waals surface area contributed by atoms with Crippen LogP contribution in [0.15, 0.2) is 18.2 Å². The van der Waals surface area contributed by atoms with Gasteiger partial charge in [0.2, 0.25) is 0 Å². The second-order valence-electron chi connectivity index (χ2n) is 6.81. The molecule has 0 radical (unpaired) electrons. The lowest BCUT2D eigenvalue weighted by molar-refractivity contribution is -0.134. The van der Waals surface area contributed by atoms with Crippen molar-refractivity contribution in [3.63, 3.8) is 0 Å². The smallest absolute Gasteiger partial charge is 0.260 e. The first-order valence-corrected chi connectivity index (χ1v) is 9.01. The monoisotopic (exact) mass is 361 g/mol. The van der Waals surface area contributed by atoms with E-state index in [1.807, 2.05) is 37.8 Å². The summed E-state index contributed by atoms with van der Waals surface area (Å²) in [4.78, 5) is 14.4. The summed E-state index contributed by atoms with van der Waals surface area (Å²) in [5.74, 6) is 0.995. The number of hydrogen-bond donors (Lipinski definition) is 1. The van der Waals surface area contributed by atoms with Crippen LogP contribution >= 0.6 is 11.6 Å². The van der Waals surface area contributed by atoms with E-state index in [4.69, 9.17) is 16.3 Å². The molecule has 0 bridgehead atoms. The van der Waals surface area contributed by atoms with Crippen molar-refractivity contribution in [2.45, 2.75) is 39.5 Å². The van der Waals surface area contributed by atoms with Crippen molar-refractivity contribution in [1.29, 1.82) is 0 Å². The molecular formula is C19H24ClN3O2. The summed E-state index contributed by atoms with van der Waals surface area (Å²) in [5.41, 5.74) is 4.00. The Morgan fingerprint density at radius 3 is 2.68 bits per heavy atom. The Labute approximate surface area is 153 Å². The number of halogens is 1. The number of aromatic amines is 1. The van der Waals surface area contributed by atoms with Crippen LogP contribution < -0.4 is 4.74 Å². The lowest BCUT2D eigenvalue weighted by Crippen LogP contribution is -2.41. The molecule has 1 saturated heterocycles. The number of rotatable bonds is 4. The molecule has 1 unspecified atom stereocenters. The average Bonchev–Trinajstić information content (AvgIpc) is 3.04. The normalized spacial score (nSPS) is 17.6. The summed E-state index contributed by atoms with van der Waals surface area (Å²) < 4.78 is 5.71. The van der Waals surface area contributed by atoms with Gasteiger partial charge in [0, 0.05) is 29.7 Å². The van der Waals surface area contributed by atoms with Gasteiger partial charge in [0.05, 0.1) is 5.69 Å². The Bertz CT molecular complexity index is 749. The molecule has 1 N–H and O–H groups in total. The van der Waals surface area contributed by atoms with Crippen molar-refractivity contribution in [3.05, 3.63) is 45.7 Å². The first kappa shape index (κ1) is 17.8. The lowest BCUT2D eigenvalue weighted by atomic mass is 9.94. The molecule has 5 nitrogen and oxygen atoms in total. The minimum Gasteiger partial charge on any atom is -0.484 e. The molecule has 1 aliphatic heterocycles. The molecule has 1 aliphatic rings. The maximum absolute atomic E-state index is 12.5. The molecule has 1 atom stereocenters. The number of aromatic nitrogens is 2. The van der Waals surface area contributed by atoms with E-state index in [2.05, 4.69) is 16.3 Å². The van der Waals surface area contributed by atoms with Crippen molar-refractivity contribution in [2.24, 2.45) is 0 Å². The van der Waals surface area contributed by atoms with E-state index >= 15 is 0 Å². The van der Waals surface area contributed by atoms with Crippen LogP contribution in [0.5, 0.6) is 5.75 Å². The molecule has 1 aromatic carbocycles. The Hall–Kier alpha value is -2.01. The summed E-state index contributed by atoms with van der Waals surface area (Å²) >= 11 is 6.17. The van der Waals surface area contributed by atoms with Crippen LogP contribution in [0, 0.1) is 20.8 Å². The van der Waals surface area contributed by atoms with Gasteiger partial charge < -0.3 is 9.64 Å². The van der Waals surface area contributed by atoms with Gasteiger partial charge in [-0.05, 0) is 62.9 Å². The number of carbonyl (C=O) groups is 1. The molecule has 0 aliphatic carbocycles. The maximum Gasteiger partial charge on any atom is 0.260 e. The minimum absolute atomic E-state index is 0.0159. The maximum atomic E-state index is 12.5. The van der Waals surface area contributed by atoms with Crippen molar-refractivity contribution in [2.75, 3.05) is 19.7 Å². The van der Waals surface area contributed by atoms with Gasteiger partial charge >= 0.3 is 0 Å². The van der Waals surface area contributed by atoms with Crippen LogP contribution in [0.25, 0.3) is 0 Å². The van der Waals surface area contributed by atoms with Crippen LogP contribution in [0.1, 0.15) is 41.3 Å². The summed E-state index contributed by atoms with van der Waals surface area (Å²) in [6.45, 7) is 7.39. The molecule has 2 aromatic rings. The summed E-state index contributed by atoms with van der Waals surface area (Å²) in [7, 11) is 0. The van der Waals surface area contributed by atoms with Crippen LogP contribution in [-0.2, 0) is 4.79 Å². The third kappa shape index (κ3) is 4.15. The average molecular weight is 362 g/mol. The second-order valence-corrected chi connectivity index (χ2v) is 7.19. The number of carbonyl (C=O) groups excluding carboxylic acids is 1.